The molecule has 0 amide bonds. The second-order valence-electron chi connectivity index (χ2n) is 9.52. The van der Waals surface area contributed by atoms with E-state index in [1.165, 1.54) is 6.07 Å². The van der Waals surface area contributed by atoms with E-state index >= 15 is 0 Å². The maximum Gasteiger partial charge on any atom is 0.224 e. The van der Waals surface area contributed by atoms with Crippen molar-refractivity contribution in [1.29, 1.82) is 0 Å². The smallest absolute Gasteiger partial charge is 0.224 e. The number of benzene rings is 1. The van der Waals surface area contributed by atoms with Gasteiger partial charge in [0.2, 0.25) is 5.95 Å². The molecule has 6 rings (SSSR count). The Balaban J connectivity index is 0.00000280. The third-order valence-electron chi connectivity index (χ3n) is 7.06. The van der Waals surface area contributed by atoms with Gasteiger partial charge >= 0.3 is 0 Å². The molecule has 0 radical (unpaired) electrons. The average Bonchev–Trinajstić information content (AvgIpc) is 3.21. The van der Waals surface area contributed by atoms with E-state index in [2.05, 4.69) is 37.1 Å². The zero-order valence-corrected chi connectivity index (χ0v) is 21.3. The van der Waals surface area contributed by atoms with E-state index in [4.69, 9.17) is 10.5 Å². The minimum atomic E-state index is -0.332. The molecule has 196 valence electrons. The van der Waals surface area contributed by atoms with Crippen LogP contribution in [0.5, 0.6) is 5.75 Å². The van der Waals surface area contributed by atoms with E-state index in [0.717, 1.165) is 48.7 Å². The lowest BCUT2D eigenvalue weighted by Gasteiger charge is -2.45. The molecule has 1 aromatic carbocycles. The van der Waals surface area contributed by atoms with Crippen LogP contribution in [-0.2, 0) is 6.42 Å². The van der Waals surface area contributed by atoms with Gasteiger partial charge in [-0.25, -0.2) is 9.07 Å². The maximum atomic E-state index is 13.8. The number of aliphatic hydroxyl groups is 1. The third kappa shape index (κ3) is 4.88. The molecular formula is C25H30ClFN8O2. The molecule has 2 saturated heterocycles. The van der Waals surface area contributed by atoms with Crippen molar-refractivity contribution in [2.24, 2.45) is 0 Å². The number of nitrogens with zero attached hydrogens (tertiary/aromatic N) is 7. The SMILES string of the molecule is Cc1c(C/C=C/N2CCN3c4cc(F)ccc4OCC3C2)cnn1-c1cc(N2CC(O)C2)nc(N)n1.Cl. The highest BCUT2D eigenvalue weighted by Gasteiger charge is 2.32. The first kappa shape index (κ1) is 25.1. The number of aromatic nitrogens is 4. The molecule has 0 spiro atoms. The minimum absolute atomic E-state index is 0. The number of β-amino-alcohol motifs (C(OH)–C–C–N with tert-alkyl or cyclic N) is 1. The molecule has 0 aliphatic carbocycles. The molecule has 1 unspecified atom stereocenters. The first-order chi connectivity index (χ1) is 17.4. The molecule has 0 bridgehead atoms. The van der Waals surface area contributed by atoms with Gasteiger partial charge in [-0.05, 0) is 37.2 Å². The van der Waals surface area contributed by atoms with Crippen LogP contribution in [0.1, 0.15) is 11.3 Å². The first-order valence-corrected chi connectivity index (χ1v) is 12.2. The molecule has 3 aliphatic rings. The summed E-state index contributed by atoms with van der Waals surface area (Å²) in [6.45, 7) is 6.17. The number of hydrogen-bond donors (Lipinski definition) is 2. The number of fused-ring (bicyclic) bond motifs is 3. The quantitative estimate of drug-likeness (QED) is 0.513. The Hall–Kier alpha value is -3.57. The van der Waals surface area contributed by atoms with E-state index in [1.807, 2.05) is 24.1 Å². The Morgan fingerprint density at radius 1 is 1.16 bits per heavy atom. The Labute approximate surface area is 220 Å². The highest BCUT2D eigenvalue weighted by Crippen LogP contribution is 2.35. The van der Waals surface area contributed by atoms with Crippen molar-refractivity contribution in [3.63, 3.8) is 0 Å². The van der Waals surface area contributed by atoms with Crippen molar-refractivity contribution < 1.29 is 14.2 Å². The summed E-state index contributed by atoms with van der Waals surface area (Å²) < 4.78 is 21.4. The molecule has 3 aliphatic heterocycles. The van der Waals surface area contributed by atoms with Crippen molar-refractivity contribution in [1.82, 2.24) is 24.6 Å². The molecule has 1 atom stereocenters. The van der Waals surface area contributed by atoms with Gasteiger partial charge in [0, 0.05) is 50.6 Å². The Bertz CT molecular complexity index is 1310. The standard InChI is InChI=1S/C25H29FN8O2.ClH/c1-16-17(11-28-34(16)24-10-23(29-25(27)30-24)32-13-20(35)14-32)3-2-6-31-7-8-33-19(12-31)15-36-22-5-4-18(26)9-21(22)33;/h2,4-6,9-11,19-20,35H,3,7-8,12-15H2,1H3,(H2,27,29,30);1H/b6-2+;. The van der Waals surface area contributed by atoms with Crippen LogP contribution in [0.15, 0.2) is 42.7 Å². The number of ether oxygens (including phenoxy) is 1. The second kappa shape index (κ2) is 10.1. The molecule has 12 heteroatoms. The number of hydrogen-bond acceptors (Lipinski definition) is 9. The van der Waals surface area contributed by atoms with Crippen LogP contribution >= 0.6 is 12.4 Å². The zero-order valence-electron chi connectivity index (χ0n) is 20.5. The molecule has 3 aromatic rings. The predicted molar refractivity (Wildman–Crippen MR) is 141 cm³/mol. The second-order valence-corrected chi connectivity index (χ2v) is 9.52. The van der Waals surface area contributed by atoms with Crippen molar-refractivity contribution in [2.75, 3.05) is 54.9 Å². The van der Waals surface area contributed by atoms with Gasteiger partial charge in [-0.3, -0.25) is 0 Å². The van der Waals surface area contributed by atoms with Gasteiger partial charge in [0.15, 0.2) is 5.82 Å². The molecule has 37 heavy (non-hydrogen) atoms. The van der Waals surface area contributed by atoms with Gasteiger partial charge < -0.3 is 30.3 Å². The van der Waals surface area contributed by atoms with Crippen molar-refractivity contribution in [3.05, 3.63) is 59.8 Å². The highest BCUT2D eigenvalue weighted by atomic mass is 35.5. The highest BCUT2D eigenvalue weighted by molar-refractivity contribution is 5.85. The fourth-order valence-electron chi connectivity index (χ4n) is 5.05. The molecule has 3 N–H and O–H groups in total. The molecule has 2 aromatic heterocycles. The molecular weight excluding hydrogens is 499 g/mol. The maximum absolute atomic E-state index is 13.8. The molecule has 0 saturated carbocycles. The lowest BCUT2D eigenvalue weighted by atomic mass is 10.1. The van der Waals surface area contributed by atoms with Crippen molar-refractivity contribution in [3.8, 4) is 11.6 Å². The van der Waals surface area contributed by atoms with E-state index in [1.54, 1.807) is 16.8 Å². The summed E-state index contributed by atoms with van der Waals surface area (Å²) in [6.07, 6.45) is 6.52. The Kier molecular flexibility index (Phi) is 6.82. The Morgan fingerprint density at radius 2 is 1.97 bits per heavy atom. The first-order valence-electron chi connectivity index (χ1n) is 12.2. The normalized spacial score (nSPS) is 19.2. The lowest BCUT2D eigenvalue weighted by molar-refractivity contribution is 0.141. The van der Waals surface area contributed by atoms with E-state index in [-0.39, 0.29) is 36.3 Å². The summed E-state index contributed by atoms with van der Waals surface area (Å²) >= 11 is 0. The van der Waals surface area contributed by atoms with Crippen LogP contribution in [0.25, 0.3) is 5.82 Å². The summed E-state index contributed by atoms with van der Waals surface area (Å²) in [5.74, 6) is 1.99. The summed E-state index contributed by atoms with van der Waals surface area (Å²) in [6, 6.07) is 6.75. The van der Waals surface area contributed by atoms with Crippen LogP contribution in [-0.4, -0.2) is 81.2 Å². The number of allylic oxidation sites excluding steroid dienone is 1. The van der Waals surface area contributed by atoms with Crippen LogP contribution in [0.4, 0.5) is 21.8 Å². The fraction of sp³-hybridized carbons (Fsp3) is 0.400. The van der Waals surface area contributed by atoms with Crippen LogP contribution in [0, 0.1) is 12.7 Å². The number of anilines is 3. The number of halogens is 2. The van der Waals surface area contributed by atoms with Gasteiger partial charge in [0.25, 0.3) is 0 Å². The molecule has 2 fully saturated rings. The fourth-order valence-corrected chi connectivity index (χ4v) is 5.05. The van der Waals surface area contributed by atoms with Crippen LogP contribution < -0.4 is 20.3 Å². The van der Waals surface area contributed by atoms with E-state index in [0.29, 0.717) is 31.3 Å². The zero-order chi connectivity index (χ0) is 24.8. The van der Waals surface area contributed by atoms with E-state index in [9.17, 15) is 9.50 Å². The Morgan fingerprint density at radius 3 is 2.78 bits per heavy atom. The number of nitrogen functional groups attached to an aromatic ring is 1. The topological polar surface area (TPSA) is 109 Å². The summed E-state index contributed by atoms with van der Waals surface area (Å²) in [5, 5.41) is 14.1. The monoisotopic (exact) mass is 528 g/mol. The average molecular weight is 529 g/mol. The lowest BCUT2D eigenvalue weighted by Crippen LogP contribution is -2.55. The van der Waals surface area contributed by atoms with Crippen LogP contribution in [0.2, 0.25) is 0 Å². The summed E-state index contributed by atoms with van der Waals surface area (Å²) in [5.41, 5.74) is 8.87. The van der Waals surface area contributed by atoms with Crippen molar-refractivity contribution in [2.45, 2.75) is 25.5 Å². The third-order valence-corrected chi connectivity index (χ3v) is 7.06. The predicted octanol–water partition coefficient (Wildman–Crippen LogP) is 1.93. The number of nitrogens with two attached hydrogens (primary N) is 1. The molecule has 10 nitrogen and oxygen atoms in total. The molecule has 5 heterocycles. The number of aliphatic hydroxyl groups excluding tert-OH is 1. The van der Waals surface area contributed by atoms with Gasteiger partial charge in [-0.15, -0.1) is 12.4 Å². The number of rotatable bonds is 5. The summed E-state index contributed by atoms with van der Waals surface area (Å²) in [7, 11) is 0. The minimum Gasteiger partial charge on any atom is -0.489 e. The largest absolute Gasteiger partial charge is 0.489 e. The van der Waals surface area contributed by atoms with Gasteiger partial charge in [0.1, 0.15) is 24.0 Å². The number of piperazine rings is 1. The summed E-state index contributed by atoms with van der Waals surface area (Å²) in [4.78, 5) is 15.2. The van der Waals surface area contributed by atoms with Gasteiger partial charge in [-0.2, -0.15) is 15.1 Å². The van der Waals surface area contributed by atoms with Crippen LogP contribution in [0.3, 0.4) is 0 Å². The van der Waals surface area contributed by atoms with E-state index < -0.39 is 0 Å². The van der Waals surface area contributed by atoms with Gasteiger partial charge in [0.05, 0.1) is 24.0 Å². The van der Waals surface area contributed by atoms with Gasteiger partial charge in [-0.1, -0.05) is 6.08 Å². The van der Waals surface area contributed by atoms with Crippen molar-refractivity contribution >= 4 is 29.9 Å².